The molecule has 0 spiro atoms. The van der Waals surface area contributed by atoms with Crippen molar-refractivity contribution in [2.75, 3.05) is 20.3 Å². The summed E-state index contributed by atoms with van der Waals surface area (Å²) in [6.07, 6.45) is 2.53. The summed E-state index contributed by atoms with van der Waals surface area (Å²) in [6, 6.07) is 15.1. The van der Waals surface area contributed by atoms with Crippen molar-refractivity contribution in [2.24, 2.45) is 0 Å². The first-order valence-corrected chi connectivity index (χ1v) is 9.62. The Balaban J connectivity index is 1.48. The van der Waals surface area contributed by atoms with E-state index in [4.69, 9.17) is 26.4 Å². The number of methoxy groups -OCH3 is 1. The molecular weight excluding hydrogens is 382 g/mol. The molecule has 1 saturated heterocycles. The summed E-state index contributed by atoms with van der Waals surface area (Å²) >= 11 is 6.26. The molecule has 0 atom stereocenters. The predicted molar refractivity (Wildman–Crippen MR) is 111 cm³/mol. The average molecular weight is 402 g/mol. The van der Waals surface area contributed by atoms with Gasteiger partial charge in [-0.05, 0) is 35.9 Å². The second-order valence-corrected chi connectivity index (χ2v) is 7.34. The molecule has 0 radical (unpaired) electrons. The van der Waals surface area contributed by atoms with Gasteiger partial charge in [-0.25, -0.2) is 0 Å². The fourth-order valence-corrected chi connectivity index (χ4v) is 3.48. The number of carbonyl (C=O) groups is 1. The van der Waals surface area contributed by atoms with Gasteiger partial charge in [-0.1, -0.05) is 48.2 Å². The molecule has 2 aromatic rings. The van der Waals surface area contributed by atoms with Crippen molar-refractivity contribution >= 4 is 40.3 Å². The van der Waals surface area contributed by atoms with Crippen LogP contribution in [-0.2, 0) is 4.79 Å². The molecule has 1 heterocycles. The van der Waals surface area contributed by atoms with E-state index in [1.807, 2.05) is 48.5 Å². The maximum atomic E-state index is 11.7. The van der Waals surface area contributed by atoms with Gasteiger partial charge in [0, 0.05) is 6.42 Å². The van der Waals surface area contributed by atoms with Crippen LogP contribution in [0, 0.1) is 0 Å². The minimum Gasteiger partial charge on any atom is -0.493 e. The van der Waals surface area contributed by atoms with Crippen LogP contribution in [0.3, 0.4) is 0 Å². The van der Waals surface area contributed by atoms with Crippen molar-refractivity contribution < 1.29 is 19.0 Å². The zero-order valence-corrected chi connectivity index (χ0v) is 16.4. The van der Waals surface area contributed by atoms with Gasteiger partial charge in [-0.3, -0.25) is 4.79 Å². The Kier molecular flexibility index (Phi) is 6.73. The number of thioether (sulfide) groups is 1. The molecule has 0 aliphatic carbocycles. The molecule has 0 aromatic heterocycles. The van der Waals surface area contributed by atoms with Gasteiger partial charge in [-0.15, -0.1) is 0 Å². The van der Waals surface area contributed by atoms with Gasteiger partial charge in [0.25, 0.3) is 5.91 Å². The Hall–Kier alpha value is -2.51. The van der Waals surface area contributed by atoms with Crippen LogP contribution < -0.4 is 19.5 Å². The smallest absolute Gasteiger partial charge is 0.263 e. The van der Waals surface area contributed by atoms with Crippen LogP contribution in [0.25, 0.3) is 6.08 Å². The van der Waals surface area contributed by atoms with E-state index < -0.39 is 0 Å². The van der Waals surface area contributed by atoms with E-state index in [1.165, 1.54) is 11.8 Å². The van der Waals surface area contributed by atoms with E-state index in [0.29, 0.717) is 28.2 Å². The SMILES string of the molecule is COc1ccccc1OCCCOc1cccc(/C=C2\SC(=S)NC2=O)c1. The number of rotatable bonds is 8. The van der Waals surface area contributed by atoms with Crippen LogP contribution in [0.1, 0.15) is 12.0 Å². The highest BCUT2D eigenvalue weighted by Gasteiger charge is 2.21. The van der Waals surface area contributed by atoms with Gasteiger partial charge >= 0.3 is 0 Å². The maximum Gasteiger partial charge on any atom is 0.263 e. The molecule has 2 aromatic carbocycles. The molecule has 7 heteroatoms. The number of thiocarbonyl (C=S) groups is 1. The van der Waals surface area contributed by atoms with Crippen molar-refractivity contribution in [3.8, 4) is 17.2 Å². The van der Waals surface area contributed by atoms with E-state index in [9.17, 15) is 4.79 Å². The third-order valence-electron chi connectivity index (χ3n) is 3.68. The Labute approximate surface area is 167 Å². The molecule has 1 aliphatic rings. The number of amides is 1. The highest BCUT2D eigenvalue weighted by atomic mass is 32.2. The normalized spacial score (nSPS) is 14.9. The first kappa shape index (κ1) is 19.3. The lowest BCUT2D eigenvalue weighted by Crippen LogP contribution is -2.17. The number of carbonyl (C=O) groups excluding carboxylic acids is 1. The standard InChI is InChI=1S/C20H19NO4S2/c1-23-16-8-2-3-9-17(16)25-11-5-10-24-15-7-4-6-14(12-15)13-18-19(22)21-20(26)27-18/h2-4,6-9,12-13H,5,10-11H2,1H3,(H,21,22,26)/b18-13-. The van der Waals surface area contributed by atoms with Gasteiger partial charge in [0.2, 0.25) is 0 Å². The van der Waals surface area contributed by atoms with E-state index >= 15 is 0 Å². The summed E-state index contributed by atoms with van der Waals surface area (Å²) in [7, 11) is 1.62. The van der Waals surface area contributed by atoms with Crippen molar-refractivity contribution in [1.82, 2.24) is 5.32 Å². The minimum atomic E-state index is -0.162. The molecule has 0 unspecified atom stereocenters. The second kappa shape index (κ2) is 9.43. The zero-order valence-electron chi connectivity index (χ0n) is 14.8. The van der Waals surface area contributed by atoms with E-state index in [1.54, 1.807) is 13.2 Å². The lowest BCUT2D eigenvalue weighted by molar-refractivity contribution is -0.115. The molecule has 0 saturated carbocycles. The molecular formula is C20H19NO4S2. The molecule has 1 fully saturated rings. The zero-order chi connectivity index (χ0) is 19.1. The van der Waals surface area contributed by atoms with Crippen molar-refractivity contribution in [3.05, 3.63) is 59.0 Å². The maximum absolute atomic E-state index is 11.7. The Morgan fingerprint density at radius 2 is 1.85 bits per heavy atom. The van der Waals surface area contributed by atoms with E-state index in [0.717, 1.165) is 23.5 Å². The van der Waals surface area contributed by atoms with Gasteiger partial charge in [-0.2, -0.15) is 0 Å². The van der Waals surface area contributed by atoms with E-state index in [-0.39, 0.29) is 5.91 Å². The van der Waals surface area contributed by atoms with Gasteiger partial charge in [0.15, 0.2) is 11.5 Å². The molecule has 5 nitrogen and oxygen atoms in total. The third-order valence-corrected chi connectivity index (χ3v) is 4.84. The van der Waals surface area contributed by atoms with E-state index in [2.05, 4.69) is 5.32 Å². The summed E-state index contributed by atoms with van der Waals surface area (Å²) in [5, 5.41) is 2.60. The molecule has 140 valence electrons. The van der Waals surface area contributed by atoms with Gasteiger partial charge in [0.05, 0.1) is 25.2 Å². The number of hydrogen-bond donors (Lipinski definition) is 1. The van der Waals surface area contributed by atoms with Crippen molar-refractivity contribution in [3.63, 3.8) is 0 Å². The number of para-hydroxylation sites is 2. The van der Waals surface area contributed by atoms with Crippen LogP contribution in [0.5, 0.6) is 17.2 Å². The first-order chi connectivity index (χ1) is 13.2. The lowest BCUT2D eigenvalue weighted by Gasteiger charge is -2.11. The third kappa shape index (κ3) is 5.48. The van der Waals surface area contributed by atoms with Gasteiger partial charge in [0.1, 0.15) is 10.1 Å². The molecule has 0 bridgehead atoms. The van der Waals surface area contributed by atoms with Crippen LogP contribution in [0.2, 0.25) is 0 Å². The summed E-state index contributed by atoms with van der Waals surface area (Å²) in [4.78, 5) is 12.3. The van der Waals surface area contributed by atoms with Crippen LogP contribution >= 0.6 is 24.0 Å². The topological polar surface area (TPSA) is 56.8 Å². The Morgan fingerprint density at radius 3 is 2.59 bits per heavy atom. The van der Waals surface area contributed by atoms with Crippen LogP contribution in [0.15, 0.2) is 53.4 Å². The lowest BCUT2D eigenvalue weighted by atomic mass is 10.2. The summed E-state index contributed by atoms with van der Waals surface area (Å²) in [6.45, 7) is 1.05. The Bertz CT molecular complexity index is 867. The highest BCUT2D eigenvalue weighted by Crippen LogP contribution is 2.27. The highest BCUT2D eigenvalue weighted by molar-refractivity contribution is 8.26. The average Bonchev–Trinajstić information content (AvgIpc) is 2.99. The first-order valence-electron chi connectivity index (χ1n) is 8.39. The van der Waals surface area contributed by atoms with Gasteiger partial charge < -0.3 is 19.5 Å². The molecule has 1 aliphatic heterocycles. The number of nitrogens with one attached hydrogen (secondary N) is 1. The van der Waals surface area contributed by atoms with Crippen molar-refractivity contribution in [1.29, 1.82) is 0 Å². The molecule has 27 heavy (non-hydrogen) atoms. The molecule has 1 amide bonds. The molecule has 1 N–H and O–H groups in total. The quantitative estimate of drug-likeness (QED) is 0.409. The molecule has 3 rings (SSSR count). The summed E-state index contributed by atoms with van der Waals surface area (Å²) in [5.74, 6) is 2.02. The predicted octanol–water partition coefficient (Wildman–Crippen LogP) is 4.03. The van der Waals surface area contributed by atoms with Crippen LogP contribution in [0.4, 0.5) is 0 Å². The fourth-order valence-electron chi connectivity index (χ4n) is 2.44. The fraction of sp³-hybridized carbons (Fsp3) is 0.200. The minimum absolute atomic E-state index is 0.162. The van der Waals surface area contributed by atoms with Crippen LogP contribution in [-0.4, -0.2) is 30.6 Å². The second-order valence-electron chi connectivity index (χ2n) is 5.63. The monoisotopic (exact) mass is 401 g/mol. The number of hydrogen-bond acceptors (Lipinski definition) is 6. The summed E-state index contributed by atoms with van der Waals surface area (Å²) < 4.78 is 17.2. The number of ether oxygens (including phenoxy) is 3. The largest absolute Gasteiger partial charge is 0.493 e. The van der Waals surface area contributed by atoms with Crippen molar-refractivity contribution in [2.45, 2.75) is 6.42 Å². The summed E-state index contributed by atoms with van der Waals surface area (Å²) in [5.41, 5.74) is 0.889. The number of benzene rings is 2. The Morgan fingerprint density at radius 1 is 1.07 bits per heavy atom.